The van der Waals surface area contributed by atoms with E-state index in [4.69, 9.17) is 17.3 Å². The molecule has 4 nitrogen and oxygen atoms in total. The zero-order chi connectivity index (χ0) is 14.1. The summed E-state index contributed by atoms with van der Waals surface area (Å²) in [6.07, 6.45) is 1.75. The fourth-order valence-corrected chi connectivity index (χ4v) is 2.29. The summed E-state index contributed by atoms with van der Waals surface area (Å²) in [5.74, 6) is 1.86. The van der Waals surface area contributed by atoms with Crippen molar-refractivity contribution in [3.05, 3.63) is 53.2 Å². The van der Waals surface area contributed by atoms with Crippen LogP contribution in [0.2, 0.25) is 5.02 Å². The van der Waals surface area contributed by atoms with Crippen LogP contribution in [0.1, 0.15) is 5.56 Å². The number of aryl methyl sites for hydroxylation is 1. The molecule has 3 rings (SSSR count). The van der Waals surface area contributed by atoms with Crippen molar-refractivity contribution in [3.63, 3.8) is 0 Å². The van der Waals surface area contributed by atoms with Crippen molar-refractivity contribution in [2.45, 2.75) is 6.92 Å². The second kappa shape index (κ2) is 4.98. The van der Waals surface area contributed by atoms with Gasteiger partial charge in [-0.15, -0.1) is 0 Å². The minimum absolute atomic E-state index is 0.478. The van der Waals surface area contributed by atoms with Gasteiger partial charge < -0.3 is 11.1 Å². The Kier molecular flexibility index (Phi) is 3.16. The van der Waals surface area contributed by atoms with Crippen molar-refractivity contribution < 1.29 is 0 Å². The molecule has 0 radical (unpaired) electrons. The number of rotatable bonds is 2. The predicted octanol–water partition coefficient (Wildman–Crippen LogP) is 3.92. The van der Waals surface area contributed by atoms with Gasteiger partial charge in [0.05, 0.1) is 0 Å². The lowest BCUT2D eigenvalue weighted by atomic mass is 10.1. The molecule has 0 atom stereocenters. The SMILES string of the molecule is Cc1cc(N)nc(Nc2nccc3ccc(Cl)cc23)c1. The van der Waals surface area contributed by atoms with E-state index in [1.165, 1.54) is 0 Å². The monoisotopic (exact) mass is 284 g/mol. The van der Waals surface area contributed by atoms with Gasteiger partial charge in [0.15, 0.2) is 0 Å². The van der Waals surface area contributed by atoms with Gasteiger partial charge in [-0.25, -0.2) is 9.97 Å². The van der Waals surface area contributed by atoms with E-state index in [1.54, 1.807) is 6.20 Å². The van der Waals surface area contributed by atoms with Gasteiger partial charge in [0.2, 0.25) is 0 Å². The molecule has 1 aromatic carbocycles. The van der Waals surface area contributed by atoms with Crippen LogP contribution < -0.4 is 11.1 Å². The highest BCUT2D eigenvalue weighted by atomic mass is 35.5. The third-order valence-electron chi connectivity index (χ3n) is 2.96. The number of nitrogens with one attached hydrogen (secondary N) is 1. The summed E-state index contributed by atoms with van der Waals surface area (Å²) < 4.78 is 0. The Balaban J connectivity index is 2.08. The summed E-state index contributed by atoms with van der Waals surface area (Å²) in [5, 5.41) is 5.88. The molecular weight excluding hydrogens is 272 g/mol. The lowest BCUT2D eigenvalue weighted by molar-refractivity contribution is 1.25. The first kappa shape index (κ1) is 12.7. The van der Waals surface area contributed by atoms with Crippen molar-refractivity contribution in [3.8, 4) is 0 Å². The van der Waals surface area contributed by atoms with Crippen LogP contribution in [-0.4, -0.2) is 9.97 Å². The Hall–Kier alpha value is -2.33. The fraction of sp³-hybridized carbons (Fsp3) is 0.0667. The van der Waals surface area contributed by atoms with Crippen LogP contribution in [0.4, 0.5) is 17.5 Å². The molecule has 20 heavy (non-hydrogen) atoms. The van der Waals surface area contributed by atoms with E-state index in [2.05, 4.69) is 15.3 Å². The number of nitrogens with zero attached hydrogens (tertiary/aromatic N) is 2. The Labute approximate surface area is 121 Å². The summed E-state index contributed by atoms with van der Waals surface area (Å²) >= 11 is 6.05. The van der Waals surface area contributed by atoms with Crippen LogP contribution in [0.3, 0.4) is 0 Å². The average Bonchev–Trinajstić information content (AvgIpc) is 2.38. The number of nitrogens with two attached hydrogens (primary N) is 1. The number of benzene rings is 1. The number of pyridine rings is 2. The van der Waals surface area contributed by atoms with E-state index in [-0.39, 0.29) is 0 Å². The highest BCUT2D eigenvalue weighted by Gasteiger charge is 2.05. The summed E-state index contributed by atoms with van der Waals surface area (Å²) in [7, 11) is 0. The van der Waals surface area contributed by atoms with Gasteiger partial charge in [0.25, 0.3) is 0 Å². The molecule has 2 aromatic heterocycles. The molecule has 0 spiro atoms. The van der Waals surface area contributed by atoms with Crippen molar-refractivity contribution >= 4 is 39.8 Å². The van der Waals surface area contributed by atoms with Crippen LogP contribution in [-0.2, 0) is 0 Å². The van der Waals surface area contributed by atoms with E-state index in [0.717, 1.165) is 16.3 Å². The first-order chi connectivity index (χ1) is 9.61. The zero-order valence-corrected chi connectivity index (χ0v) is 11.6. The maximum absolute atomic E-state index is 6.05. The summed E-state index contributed by atoms with van der Waals surface area (Å²) in [5.41, 5.74) is 6.80. The molecule has 0 amide bonds. The molecule has 2 heterocycles. The van der Waals surface area contributed by atoms with Crippen molar-refractivity contribution in [1.82, 2.24) is 9.97 Å². The zero-order valence-electron chi connectivity index (χ0n) is 10.9. The van der Waals surface area contributed by atoms with E-state index < -0.39 is 0 Å². The van der Waals surface area contributed by atoms with Gasteiger partial charge in [-0.2, -0.15) is 0 Å². The highest BCUT2D eigenvalue weighted by molar-refractivity contribution is 6.31. The first-order valence-corrected chi connectivity index (χ1v) is 6.55. The van der Waals surface area contributed by atoms with Crippen LogP contribution in [0.5, 0.6) is 0 Å². The lowest BCUT2D eigenvalue weighted by Gasteiger charge is -2.09. The molecule has 0 saturated carbocycles. The minimum Gasteiger partial charge on any atom is -0.384 e. The Morgan fingerprint density at radius 3 is 2.80 bits per heavy atom. The second-order valence-corrected chi connectivity index (χ2v) is 5.04. The third kappa shape index (κ3) is 2.51. The van der Waals surface area contributed by atoms with Gasteiger partial charge in [0.1, 0.15) is 17.5 Å². The number of nitrogen functional groups attached to an aromatic ring is 1. The molecule has 0 saturated heterocycles. The fourth-order valence-electron chi connectivity index (χ4n) is 2.12. The number of hydrogen-bond acceptors (Lipinski definition) is 4. The summed E-state index contributed by atoms with van der Waals surface area (Å²) in [6.45, 7) is 1.97. The van der Waals surface area contributed by atoms with Gasteiger partial charge in [-0.05, 0) is 48.2 Å². The Morgan fingerprint density at radius 1 is 1.15 bits per heavy atom. The van der Waals surface area contributed by atoms with Crippen LogP contribution in [0.15, 0.2) is 42.6 Å². The van der Waals surface area contributed by atoms with E-state index in [1.807, 2.05) is 43.3 Å². The van der Waals surface area contributed by atoms with Crippen LogP contribution >= 0.6 is 11.6 Å². The number of halogens is 1. The molecule has 0 unspecified atom stereocenters. The molecule has 0 fully saturated rings. The Bertz CT molecular complexity index is 766. The standard InChI is InChI=1S/C15H13ClN4/c1-9-6-13(17)19-14(7-9)20-15-12-8-11(16)3-2-10(12)4-5-18-15/h2-8H,1H3,(H3,17,18,19,20). The van der Waals surface area contributed by atoms with E-state index in [9.17, 15) is 0 Å². The van der Waals surface area contributed by atoms with Crippen molar-refractivity contribution in [2.24, 2.45) is 0 Å². The predicted molar refractivity (Wildman–Crippen MR) is 83.4 cm³/mol. The third-order valence-corrected chi connectivity index (χ3v) is 3.20. The molecule has 3 aromatic rings. The maximum atomic E-state index is 6.05. The van der Waals surface area contributed by atoms with Gasteiger partial charge in [0, 0.05) is 16.6 Å². The second-order valence-electron chi connectivity index (χ2n) is 4.60. The maximum Gasteiger partial charge on any atom is 0.139 e. The van der Waals surface area contributed by atoms with Gasteiger partial charge >= 0.3 is 0 Å². The van der Waals surface area contributed by atoms with Gasteiger partial charge in [-0.3, -0.25) is 0 Å². The normalized spacial score (nSPS) is 10.7. The number of hydrogen-bond donors (Lipinski definition) is 2. The number of aromatic nitrogens is 2. The number of fused-ring (bicyclic) bond motifs is 1. The summed E-state index contributed by atoms with van der Waals surface area (Å²) in [4.78, 5) is 8.60. The minimum atomic E-state index is 0.478. The molecule has 3 N–H and O–H groups in total. The van der Waals surface area contributed by atoms with Crippen LogP contribution in [0.25, 0.3) is 10.8 Å². The van der Waals surface area contributed by atoms with E-state index >= 15 is 0 Å². The topological polar surface area (TPSA) is 63.8 Å². The molecular formula is C15H13ClN4. The van der Waals surface area contributed by atoms with Crippen molar-refractivity contribution in [1.29, 1.82) is 0 Å². The number of anilines is 3. The molecule has 0 bridgehead atoms. The highest BCUT2D eigenvalue weighted by Crippen LogP contribution is 2.26. The van der Waals surface area contributed by atoms with Crippen molar-refractivity contribution in [2.75, 3.05) is 11.1 Å². The summed E-state index contributed by atoms with van der Waals surface area (Å²) in [6, 6.07) is 11.4. The lowest BCUT2D eigenvalue weighted by Crippen LogP contribution is -2.00. The molecule has 0 aliphatic carbocycles. The molecule has 5 heteroatoms. The smallest absolute Gasteiger partial charge is 0.139 e. The Morgan fingerprint density at radius 2 is 2.00 bits per heavy atom. The largest absolute Gasteiger partial charge is 0.384 e. The average molecular weight is 285 g/mol. The molecule has 100 valence electrons. The van der Waals surface area contributed by atoms with E-state index in [0.29, 0.717) is 22.5 Å². The van der Waals surface area contributed by atoms with Gasteiger partial charge in [-0.1, -0.05) is 17.7 Å². The molecule has 0 aliphatic rings. The first-order valence-electron chi connectivity index (χ1n) is 6.17. The molecule has 0 aliphatic heterocycles. The quantitative estimate of drug-likeness (QED) is 0.749. The van der Waals surface area contributed by atoms with Crippen LogP contribution in [0, 0.1) is 6.92 Å².